The fraction of sp³-hybridized carbons (Fsp3) is 0.577. The largest absolute Gasteiger partial charge is 0.481 e. The minimum absolute atomic E-state index is 0.0780. The highest BCUT2D eigenvalue weighted by Gasteiger charge is 2.15. The second-order valence-corrected chi connectivity index (χ2v) is 8.35. The van der Waals surface area contributed by atoms with E-state index in [1.54, 1.807) is 0 Å². The molecule has 35 heavy (non-hydrogen) atoms. The summed E-state index contributed by atoms with van der Waals surface area (Å²) in [6, 6.07) is 5.70. The highest BCUT2D eigenvalue weighted by atomic mass is 16.8. The maximum atomic E-state index is 12.0. The Morgan fingerprint density at radius 3 is 2.54 bits per heavy atom. The van der Waals surface area contributed by atoms with E-state index < -0.39 is 5.97 Å². The summed E-state index contributed by atoms with van der Waals surface area (Å²) in [7, 11) is 0. The Kier molecular flexibility index (Phi) is 15.6. The molecule has 0 spiro atoms. The molecule has 0 bridgehead atoms. The Balaban J connectivity index is 0.00000298. The number of hydroxylamine groups is 1. The normalized spacial score (nSPS) is 14.8. The molecule has 194 valence electrons. The van der Waals surface area contributed by atoms with Crippen LogP contribution in [0, 0.1) is 19.8 Å². The molecule has 2 amide bonds. The van der Waals surface area contributed by atoms with E-state index in [1.165, 1.54) is 0 Å². The van der Waals surface area contributed by atoms with Gasteiger partial charge in [-0.3, -0.25) is 14.4 Å². The van der Waals surface area contributed by atoms with Gasteiger partial charge in [-0.25, -0.2) is 10.3 Å². The maximum absolute atomic E-state index is 12.0. The van der Waals surface area contributed by atoms with Gasteiger partial charge in [-0.2, -0.15) is 0 Å². The molecule has 2 rings (SSSR count). The molecule has 1 fully saturated rings. The van der Waals surface area contributed by atoms with Crippen molar-refractivity contribution in [1.29, 1.82) is 0 Å². The molecule has 1 aliphatic rings. The number of nitrogens with one attached hydrogen (secondary N) is 3. The number of hydrogen-bond donors (Lipinski definition) is 4. The molecule has 1 aromatic rings. The number of carbonyl (C=O) groups is 3. The molecule has 1 aliphatic heterocycles. The van der Waals surface area contributed by atoms with E-state index in [0.29, 0.717) is 26.0 Å². The van der Waals surface area contributed by atoms with E-state index in [2.05, 4.69) is 29.0 Å². The van der Waals surface area contributed by atoms with Gasteiger partial charge in [-0.15, -0.1) is 12.8 Å². The highest BCUT2D eigenvalue weighted by Crippen LogP contribution is 2.17. The quantitative estimate of drug-likeness (QED) is 0.169. The highest BCUT2D eigenvalue weighted by molar-refractivity contribution is 5.81. The molecule has 1 aromatic carbocycles. The number of terminal acetylenes is 1. The van der Waals surface area contributed by atoms with Crippen LogP contribution in [0.3, 0.4) is 0 Å². The van der Waals surface area contributed by atoms with Crippen LogP contribution in [-0.2, 0) is 30.4 Å². The van der Waals surface area contributed by atoms with Crippen LogP contribution in [0.15, 0.2) is 18.2 Å². The van der Waals surface area contributed by atoms with Crippen molar-refractivity contribution in [1.82, 2.24) is 10.8 Å². The van der Waals surface area contributed by atoms with Crippen molar-refractivity contribution in [3.8, 4) is 12.8 Å². The van der Waals surface area contributed by atoms with E-state index >= 15 is 0 Å². The fourth-order valence-corrected chi connectivity index (χ4v) is 3.55. The second kappa shape index (κ2) is 18.3. The van der Waals surface area contributed by atoms with Gasteiger partial charge in [0.1, 0.15) is 0 Å². The second-order valence-electron chi connectivity index (χ2n) is 8.35. The summed E-state index contributed by atoms with van der Waals surface area (Å²) in [4.78, 5) is 39.8. The van der Waals surface area contributed by atoms with Crippen LogP contribution in [0.25, 0.3) is 0 Å². The number of carboxylic acid groups (broad SMARTS) is 1. The topological polar surface area (TPSA) is 126 Å². The van der Waals surface area contributed by atoms with E-state index in [9.17, 15) is 14.4 Å². The van der Waals surface area contributed by atoms with Crippen LogP contribution in [0.1, 0.15) is 68.9 Å². The summed E-state index contributed by atoms with van der Waals surface area (Å²) in [6.07, 6.45) is 15.1. The van der Waals surface area contributed by atoms with Crippen LogP contribution in [0.4, 0.5) is 5.69 Å². The Morgan fingerprint density at radius 1 is 1.09 bits per heavy atom. The van der Waals surface area contributed by atoms with Crippen molar-refractivity contribution >= 4 is 23.5 Å². The lowest BCUT2D eigenvalue weighted by atomic mass is 10.1. The van der Waals surface area contributed by atoms with Gasteiger partial charge in [0.05, 0.1) is 6.54 Å². The molecule has 9 nitrogen and oxygen atoms in total. The van der Waals surface area contributed by atoms with Crippen molar-refractivity contribution in [3.05, 3.63) is 29.3 Å². The molecule has 1 saturated heterocycles. The van der Waals surface area contributed by atoms with Crippen molar-refractivity contribution in [2.75, 3.05) is 25.0 Å². The number of rotatable bonds is 15. The van der Waals surface area contributed by atoms with Crippen molar-refractivity contribution < 1.29 is 29.1 Å². The third-order valence-electron chi connectivity index (χ3n) is 5.45. The number of carboxylic acids is 1. The van der Waals surface area contributed by atoms with E-state index in [1.807, 2.05) is 25.1 Å². The smallest absolute Gasteiger partial charge is 0.303 e. The molecule has 0 radical (unpaired) electrons. The van der Waals surface area contributed by atoms with E-state index in [0.717, 1.165) is 61.8 Å². The van der Waals surface area contributed by atoms with Crippen molar-refractivity contribution in [3.63, 3.8) is 0 Å². The Labute approximate surface area is 208 Å². The fourth-order valence-electron chi connectivity index (χ4n) is 3.55. The summed E-state index contributed by atoms with van der Waals surface area (Å²) >= 11 is 0. The van der Waals surface area contributed by atoms with Gasteiger partial charge in [0.25, 0.3) is 0 Å². The van der Waals surface area contributed by atoms with Gasteiger partial charge in [0.15, 0.2) is 6.29 Å². The number of carbonyl (C=O) groups excluding carboxylic acids is 2. The molecule has 9 heteroatoms. The monoisotopic (exact) mass is 489 g/mol. The Bertz CT molecular complexity index is 806. The van der Waals surface area contributed by atoms with E-state index in [-0.39, 0.29) is 31.1 Å². The first-order valence-corrected chi connectivity index (χ1v) is 12.2. The van der Waals surface area contributed by atoms with Gasteiger partial charge in [0, 0.05) is 38.1 Å². The Morgan fingerprint density at radius 2 is 1.86 bits per heavy atom. The van der Waals surface area contributed by atoms with Crippen molar-refractivity contribution in [2.45, 2.75) is 77.4 Å². The van der Waals surface area contributed by atoms with Gasteiger partial charge in [-0.05, 0) is 56.2 Å². The molecular formula is C26H39N3O6. The van der Waals surface area contributed by atoms with Gasteiger partial charge in [-0.1, -0.05) is 25.0 Å². The van der Waals surface area contributed by atoms with Crippen LogP contribution < -0.4 is 16.1 Å². The minimum atomic E-state index is -0.813. The lowest BCUT2D eigenvalue weighted by Crippen LogP contribution is -2.32. The molecule has 4 N–H and O–H groups in total. The zero-order valence-corrected chi connectivity index (χ0v) is 20.6. The number of anilines is 1. The number of benzene rings is 1. The lowest BCUT2D eigenvalue weighted by molar-refractivity contribution is -0.200. The third-order valence-corrected chi connectivity index (χ3v) is 5.45. The minimum Gasteiger partial charge on any atom is -0.481 e. The van der Waals surface area contributed by atoms with Gasteiger partial charge < -0.3 is 20.5 Å². The number of hydrogen-bond acceptors (Lipinski definition) is 6. The molecule has 0 aromatic heterocycles. The molecular weight excluding hydrogens is 450 g/mol. The Hall–Kier alpha value is -3.09. The number of aryl methyl sites for hydroxylation is 2. The summed E-state index contributed by atoms with van der Waals surface area (Å²) in [5.41, 5.74) is 5.27. The van der Waals surface area contributed by atoms with Gasteiger partial charge in [0.2, 0.25) is 11.8 Å². The number of amides is 2. The standard InChI is InChI=1S/C24H37N3O6.C2H2/c1-18-16-19(11-13-23(30)31)10-12-20(18)26-17-22(29)25-14-6-3-2-4-8-21(28)27-33-24-9-5-7-15-32-24;1-2/h10,12,16,24,26H,2-9,11,13-15,17H2,1H3,(H,25,29)(H,27,28)(H,30,31);1-2H. The lowest BCUT2D eigenvalue weighted by Gasteiger charge is -2.22. The predicted octanol–water partition coefficient (Wildman–Crippen LogP) is 3.31. The number of aliphatic carboxylic acids is 1. The molecule has 0 saturated carbocycles. The molecule has 1 unspecified atom stereocenters. The van der Waals surface area contributed by atoms with Gasteiger partial charge >= 0.3 is 5.97 Å². The summed E-state index contributed by atoms with van der Waals surface area (Å²) in [5.74, 6) is -1.02. The molecule has 1 atom stereocenters. The first-order valence-electron chi connectivity index (χ1n) is 12.2. The number of ether oxygens (including phenoxy) is 1. The first-order chi connectivity index (χ1) is 16.9. The predicted molar refractivity (Wildman–Crippen MR) is 134 cm³/mol. The average molecular weight is 490 g/mol. The first kappa shape index (κ1) is 29.9. The summed E-state index contributed by atoms with van der Waals surface area (Å²) in [5, 5.41) is 14.8. The summed E-state index contributed by atoms with van der Waals surface area (Å²) in [6.45, 7) is 3.39. The summed E-state index contributed by atoms with van der Waals surface area (Å²) < 4.78 is 5.39. The van der Waals surface area contributed by atoms with Crippen LogP contribution in [0.5, 0.6) is 0 Å². The van der Waals surface area contributed by atoms with E-state index in [4.69, 9.17) is 14.7 Å². The average Bonchev–Trinajstić information content (AvgIpc) is 2.87. The van der Waals surface area contributed by atoms with Crippen LogP contribution in [-0.4, -0.2) is 48.9 Å². The zero-order valence-electron chi connectivity index (χ0n) is 20.6. The third kappa shape index (κ3) is 14.0. The molecule has 1 heterocycles. The van der Waals surface area contributed by atoms with Crippen LogP contribution >= 0.6 is 0 Å². The van der Waals surface area contributed by atoms with Crippen molar-refractivity contribution in [2.24, 2.45) is 0 Å². The molecule has 0 aliphatic carbocycles. The zero-order chi connectivity index (χ0) is 25.9. The van der Waals surface area contributed by atoms with Crippen LogP contribution in [0.2, 0.25) is 0 Å². The maximum Gasteiger partial charge on any atom is 0.303 e. The number of unbranched alkanes of at least 4 members (excludes halogenated alkanes) is 3. The SMILES string of the molecule is C#C.Cc1cc(CCC(=O)O)ccc1NCC(=O)NCCCCCCC(=O)NOC1CCCCO1.